The van der Waals surface area contributed by atoms with Crippen LogP contribution in [0.15, 0.2) is 16.7 Å². The number of hydrogen-bond donors (Lipinski definition) is 1. The molecule has 1 unspecified atom stereocenters. The van der Waals surface area contributed by atoms with E-state index in [1.54, 1.807) is 0 Å². The van der Waals surface area contributed by atoms with Crippen molar-refractivity contribution >= 4 is 21.7 Å². The van der Waals surface area contributed by atoms with E-state index in [2.05, 4.69) is 53.1 Å². The number of hydrogen-bond acceptors (Lipinski definition) is 2. The van der Waals surface area contributed by atoms with E-state index in [9.17, 15) is 0 Å². The minimum absolute atomic E-state index is 0.446. The van der Waals surface area contributed by atoms with Crippen LogP contribution in [0.4, 0.5) is 5.82 Å². The van der Waals surface area contributed by atoms with Crippen LogP contribution in [0.1, 0.15) is 25.8 Å². The molecule has 0 aliphatic heterocycles. The molecule has 0 spiro atoms. The van der Waals surface area contributed by atoms with Gasteiger partial charge < -0.3 is 5.32 Å². The number of aromatic nitrogens is 1. The van der Waals surface area contributed by atoms with Crippen LogP contribution in [0.25, 0.3) is 0 Å². The number of halogens is 1. The number of anilines is 1. The molecule has 76 valence electrons. The van der Waals surface area contributed by atoms with E-state index in [4.69, 9.17) is 0 Å². The summed E-state index contributed by atoms with van der Waals surface area (Å²) >= 11 is 3.41. The average Bonchev–Trinajstić information content (AvgIpc) is 2.65. The second-order valence-electron chi connectivity index (χ2n) is 4.71. The summed E-state index contributed by atoms with van der Waals surface area (Å²) in [6, 6.07) is 2.68. The molecular formula is C11H15BrN2. The normalized spacial score (nSPS) is 23.3. The Morgan fingerprint density at radius 1 is 1.57 bits per heavy atom. The van der Waals surface area contributed by atoms with E-state index in [0.29, 0.717) is 11.5 Å². The maximum Gasteiger partial charge on any atom is 0.129 e. The first kappa shape index (κ1) is 9.97. The highest BCUT2D eigenvalue weighted by Gasteiger charge is 2.45. The molecule has 2 nitrogen and oxygen atoms in total. The van der Waals surface area contributed by atoms with Gasteiger partial charge in [-0.2, -0.15) is 0 Å². The molecule has 1 aromatic heterocycles. The Kier molecular flexibility index (Phi) is 2.30. The Hall–Kier alpha value is -0.570. The number of pyridine rings is 1. The molecule has 1 N–H and O–H groups in total. The number of nitrogens with zero attached hydrogens (tertiary/aromatic N) is 1. The minimum Gasteiger partial charge on any atom is -0.367 e. The van der Waals surface area contributed by atoms with Gasteiger partial charge in [0.15, 0.2) is 0 Å². The zero-order valence-electron chi connectivity index (χ0n) is 8.76. The van der Waals surface area contributed by atoms with Gasteiger partial charge >= 0.3 is 0 Å². The van der Waals surface area contributed by atoms with Gasteiger partial charge in [0.1, 0.15) is 5.82 Å². The van der Waals surface area contributed by atoms with Crippen LogP contribution >= 0.6 is 15.9 Å². The summed E-state index contributed by atoms with van der Waals surface area (Å²) in [5, 5.41) is 3.47. The largest absolute Gasteiger partial charge is 0.367 e. The first-order valence-electron chi connectivity index (χ1n) is 4.88. The van der Waals surface area contributed by atoms with Gasteiger partial charge in [-0.15, -0.1) is 0 Å². The topological polar surface area (TPSA) is 24.9 Å². The summed E-state index contributed by atoms with van der Waals surface area (Å²) in [7, 11) is 0. The molecule has 0 amide bonds. The van der Waals surface area contributed by atoms with E-state index in [1.807, 2.05) is 6.20 Å². The molecule has 2 rings (SSSR count). The van der Waals surface area contributed by atoms with Crippen molar-refractivity contribution in [2.24, 2.45) is 5.41 Å². The molecule has 14 heavy (non-hydrogen) atoms. The van der Waals surface area contributed by atoms with Crippen LogP contribution in [0, 0.1) is 12.3 Å². The third-order valence-corrected chi connectivity index (χ3v) is 3.30. The number of aryl methyl sites for hydroxylation is 1. The fourth-order valence-electron chi connectivity index (χ4n) is 1.57. The maximum absolute atomic E-state index is 4.37. The Morgan fingerprint density at radius 2 is 2.21 bits per heavy atom. The first-order valence-corrected chi connectivity index (χ1v) is 5.67. The van der Waals surface area contributed by atoms with Crippen molar-refractivity contribution in [1.29, 1.82) is 0 Å². The van der Waals surface area contributed by atoms with Crippen molar-refractivity contribution in [3.05, 3.63) is 22.3 Å². The fourth-order valence-corrected chi connectivity index (χ4v) is 2.02. The lowest BCUT2D eigenvalue weighted by Crippen LogP contribution is -2.10. The number of rotatable bonds is 2. The van der Waals surface area contributed by atoms with Crippen molar-refractivity contribution in [3.63, 3.8) is 0 Å². The van der Waals surface area contributed by atoms with E-state index in [-0.39, 0.29) is 0 Å². The lowest BCUT2D eigenvalue weighted by molar-refractivity contribution is 0.629. The first-order chi connectivity index (χ1) is 6.49. The highest BCUT2D eigenvalue weighted by molar-refractivity contribution is 9.10. The van der Waals surface area contributed by atoms with Gasteiger partial charge in [0.25, 0.3) is 0 Å². The minimum atomic E-state index is 0.446. The van der Waals surface area contributed by atoms with E-state index in [0.717, 1.165) is 10.3 Å². The van der Waals surface area contributed by atoms with Crippen molar-refractivity contribution in [1.82, 2.24) is 4.98 Å². The van der Waals surface area contributed by atoms with E-state index in [1.165, 1.54) is 12.0 Å². The van der Waals surface area contributed by atoms with E-state index >= 15 is 0 Å². The zero-order chi connectivity index (χ0) is 10.3. The SMILES string of the molecule is Cc1cc(Br)cnc1NC1CC1(C)C. The standard InChI is InChI=1S/C11H15BrN2/c1-7-4-8(12)6-13-10(7)14-9-5-11(9,2)3/h4,6,9H,5H2,1-3H3,(H,13,14). The molecular weight excluding hydrogens is 240 g/mol. The van der Waals surface area contributed by atoms with Gasteiger partial charge in [-0.05, 0) is 46.3 Å². The van der Waals surface area contributed by atoms with Crippen LogP contribution in [0.3, 0.4) is 0 Å². The molecule has 1 fully saturated rings. The van der Waals surface area contributed by atoms with Gasteiger partial charge in [0.05, 0.1) is 0 Å². The van der Waals surface area contributed by atoms with Gasteiger partial charge in [-0.1, -0.05) is 13.8 Å². The lowest BCUT2D eigenvalue weighted by atomic mass is 10.2. The molecule has 1 atom stereocenters. The van der Waals surface area contributed by atoms with Gasteiger partial charge in [-0.25, -0.2) is 4.98 Å². The third kappa shape index (κ3) is 1.92. The highest BCUT2D eigenvalue weighted by atomic mass is 79.9. The van der Waals surface area contributed by atoms with Crippen molar-refractivity contribution in [2.75, 3.05) is 5.32 Å². The van der Waals surface area contributed by atoms with Crippen LogP contribution in [0.5, 0.6) is 0 Å². The predicted molar refractivity (Wildman–Crippen MR) is 62.5 cm³/mol. The molecule has 0 bridgehead atoms. The predicted octanol–water partition coefficient (Wildman–Crippen LogP) is 3.36. The molecule has 1 saturated carbocycles. The summed E-state index contributed by atoms with van der Waals surface area (Å²) in [6.07, 6.45) is 3.08. The van der Waals surface area contributed by atoms with Crippen molar-refractivity contribution in [3.8, 4) is 0 Å². The second-order valence-corrected chi connectivity index (χ2v) is 5.62. The van der Waals surface area contributed by atoms with Crippen molar-refractivity contribution < 1.29 is 0 Å². The second kappa shape index (κ2) is 3.23. The van der Waals surface area contributed by atoms with Gasteiger partial charge in [0.2, 0.25) is 0 Å². The molecule has 1 aromatic rings. The molecule has 3 heteroatoms. The Bertz CT molecular complexity index is 360. The monoisotopic (exact) mass is 254 g/mol. The maximum atomic E-state index is 4.37. The van der Waals surface area contributed by atoms with Crippen LogP contribution in [-0.2, 0) is 0 Å². The van der Waals surface area contributed by atoms with Gasteiger partial charge in [0, 0.05) is 16.7 Å². The summed E-state index contributed by atoms with van der Waals surface area (Å²) < 4.78 is 1.04. The molecule has 1 aliphatic rings. The molecule has 0 radical (unpaired) electrons. The Labute approximate surface area is 93.3 Å². The lowest BCUT2D eigenvalue weighted by Gasteiger charge is -2.09. The summed E-state index contributed by atoms with van der Waals surface area (Å²) in [5.41, 5.74) is 1.64. The Morgan fingerprint density at radius 3 is 2.71 bits per heavy atom. The van der Waals surface area contributed by atoms with Crippen LogP contribution < -0.4 is 5.32 Å². The third-order valence-electron chi connectivity index (χ3n) is 2.87. The average molecular weight is 255 g/mol. The highest BCUT2D eigenvalue weighted by Crippen LogP contribution is 2.46. The van der Waals surface area contributed by atoms with Crippen LogP contribution in [0.2, 0.25) is 0 Å². The smallest absolute Gasteiger partial charge is 0.129 e. The molecule has 1 aliphatic carbocycles. The van der Waals surface area contributed by atoms with Gasteiger partial charge in [-0.3, -0.25) is 0 Å². The Balaban J connectivity index is 2.11. The zero-order valence-corrected chi connectivity index (χ0v) is 10.4. The van der Waals surface area contributed by atoms with E-state index < -0.39 is 0 Å². The quantitative estimate of drug-likeness (QED) is 0.876. The fraction of sp³-hybridized carbons (Fsp3) is 0.545. The molecule has 0 saturated heterocycles. The van der Waals surface area contributed by atoms with Crippen molar-refractivity contribution in [2.45, 2.75) is 33.2 Å². The molecule has 1 heterocycles. The van der Waals surface area contributed by atoms with Crippen LogP contribution in [-0.4, -0.2) is 11.0 Å². The summed E-state index contributed by atoms with van der Waals surface area (Å²) in [6.45, 7) is 6.63. The summed E-state index contributed by atoms with van der Waals surface area (Å²) in [4.78, 5) is 4.37. The summed E-state index contributed by atoms with van der Waals surface area (Å²) in [5.74, 6) is 1.02. The molecule has 0 aromatic carbocycles. The number of nitrogens with one attached hydrogen (secondary N) is 1.